The van der Waals surface area contributed by atoms with Crippen molar-refractivity contribution in [3.05, 3.63) is 15.1 Å². The molecular weight excluding hydrogens is 337 g/mol. The van der Waals surface area contributed by atoms with Crippen LogP contribution in [0.2, 0.25) is 0 Å². The fourth-order valence-corrected chi connectivity index (χ4v) is 3.63. The van der Waals surface area contributed by atoms with E-state index in [0.29, 0.717) is 11.8 Å². The van der Waals surface area contributed by atoms with Gasteiger partial charge in [0.2, 0.25) is 0 Å². The maximum absolute atomic E-state index is 4.90. The van der Waals surface area contributed by atoms with Crippen molar-refractivity contribution in [1.29, 1.82) is 0 Å². The van der Waals surface area contributed by atoms with Gasteiger partial charge in [-0.2, -0.15) is 0 Å². The molecule has 0 aliphatic heterocycles. The van der Waals surface area contributed by atoms with Crippen LogP contribution in [0.15, 0.2) is 0 Å². The number of hydrogen-bond donors (Lipinski definition) is 1. The van der Waals surface area contributed by atoms with Crippen LogP contribution in [0.1, 0.15) is 68.8 Å². The molecule has 2 aliphatic carbocycles. The van der Waals surface area contributed by atoms with Crippen molar-refractivity contribution in [3.63, 3.8) is 0 Å². The van der Waals surface area contributed by atoms with Gasteiger partial charge in [0.1, 0.15) is 11.6 Å². The summed E-state index contributed by atoms with van der Waals surface area (Å²) < 4.78 is 1.26. The van der Waals surface area contributed by atoms with Crippen molar-refractivity contribution < 1.29 is 0 Å². The van der Waals surface area contributed by atoms with Crippen LogP contribution >= 0.6 is 22.6 Å². The van der Waals surface area contributed by atoms with Crippen molar-refractivity contribution in [2.24, 2.45) is 0 Å². The molecule has 0 amide bonds. The van der Waals surface area contributed by atoms with E-state index >= 15 is 0 Å². The van der Waals surface area contributed by atoms with Crippen LogP contribution in [0.4, 0.5) is 5.82 Å². The van der Waals surface area contributed by atoms with E-state index in [1.54, 1.807) is 0 Å². The summed E-state index contributed by atoms with van der Waals surface area (Å²) in [7, 11) is 0. The van der Waals surface area contributed by atoms with Crippen LogP contribution in [0.5, 0.6) is 0 Å². The molecule has 0 atom stereocenters. The maximum Gasteiger partial charge on any atom is 0.143 e. The second-order valence-electron chi connectivity index (χ2n) is 5.42. The van der Waals surface area contributed by atoms with Crippen molar-refractivity contribution in [1.82, 2.24) is 9.97 Å². The lowest BCUT2D eigenvalue weighted by Gasteiger charge is -2.16. The van der Waals surface area contributed by atoms with Crippen molar-refractivity contribution in [3.8, 4) is 0 Å². The maximum atomic E-state index is 4.90. The van der Waals surface area contributed by atoms with Crippen LogP contribution in [0.25, 0.3) is 0 Å². The molecule has 1 N–H and O–H groups in total. The molecule has 2 saturated carbocycles. The summed E-state index contributed by atoms with van der Waals surface area (Å²) >= 11 is 2.43. The Kier molecular flexibility index (Phi) is 3.73. The van der Waals surface area contributed by atoms with Gasteiger partial charge in [-0.15, -0.1) is 0 Å². The highest BCUT2D eigenvalue weighted by molar-refractivity contribution is 14.1. The molecule has 0 spiro atoms. The van der Waals surface area contributed by atoms with Gasteiger partial charge >= 0.3 is 0 Å². The highest BCUT2D eigenvalue weighted by atomic mass is 127. The zero-order chi connectivity index (χ0) is 12.5. The molecule has 0 unspecified atom stereocenters. The van der Waals surface area contributed by atoms with Gasteiger partial charge in [-0.1, -0.05) is 12.8 Å². The Hall–Kier alpha value is -0.390. The predicted molar refractivity (Wildman–Crippen MR) is 82.1 cm³/mol. The van der Waals surface area contributed by atoms with Crippen LogP contribution in [-0.4, -0.2) is 16.5 Å². The summed E-state index contributed by atoms with van der Waals surface area (Å²) in [6.45, 7) is 3.06. The van der Waals surface area contributed by atoms with E-state index in [0.717, 1.165) is 18.2 Å². The molecule has 98 valence electrons. The number of halogens is 1. The zero-order valence-electron chi connectivity index (χ0n) is 10.9. The summed E-state index contributed by atoms with van der Waals surface area (Å²) in [5.41, 5.74) is 1.32. The van der Waals surface area contributed by atoms with Gasteiger partial charge in [0.05, 0.1) is 9.26 Å². The highest BCUT2D eigenvalue weighted by Gasteiger charge is 2.30. The molecule has 3 nitrogen and oxygen atoms in total. The van der Waals surface area contributed by atoms with E-state index in [4.69, 9.17) is 9.97 Å². The molecule has 18 heavy (non-hydrogen) atoms. The molecule has 0 saturated heterocycles. The van der Waals surface area contributed by atoms with E-state index < -0.39 is 0 Å². The number of aromatic nitrogens is 2. The normalized spacial score (nSPS) is 20.3. The van der Waals surface area contributed by atoms with Gasteiger partial charge < -0.3 is 5.32 Å². The molecule has 1 aromatic rings. The molecule has 2 aliphatic rings. The first-order valence-electron chi connectivity index (χ1n) is 7.10. The molecule has 2 fully saturated rings. The van der Waals surface area contributed by atoms with Crippen LogP contribution < -0.4 is 5.32 Å². The first kappa shape index (κ1) is 12.6. The summed E-state index contributed by atoms with van der Waals surface area (Å²) in [6, 6.07) is 0. The number of nitrogens with zero attached hydrogens (tertiary/aromatic N) is 2. The smallest absolute Gasteiger partial charge is 0.143 e. The van der Waals surface area contributed by atoms with Gasteiger partial charge in [0.15, 0.2) is 0 Å². The monoisotopic (exact) mass is 357 g/mol. The topological polar surface area (TPSA) is 37.8 Å². The average molecular weight is 357 g/mol. The van der Waals surface area contributed by atoms with E-state index in [2.05, 4.69) is 34.8 Å². The molecule has 1 heterocycles. The van der Waals surface area contributed by atoms with Gasteiger partial charge in [0, 0.05) is 18.4 Å². The number of rotatable bonds is 4. The summed E-state index contributed by atoms with van der Waals surface area (Å²) in [5, 5.41) is 3.40. The van der Waals surface area contributed by atoms with E-state index in [1.807, 2.05) is 0 Å². The largest absolute Gasteiger partial charge is 0.369 e. The lowest BCUT2D eigenvalue weighted by molar-refractivity contribution is 0.678. The van der Waals surface area contributed by atoms with Gasteiger partial charge in [0.25, 0.3) is 0 Å². The lowest BCUT2D eigenvalue weighted by atomic mass is 10.0. The minimum Gasteiger partial charge on any atom is -0.369 e. The molecule has 0 radical (unpaired) electrons. The Morgan fingerprint density at radius 1 is 1.11 bits per heavy atom. The first-order valence-corrected chi connectivity index (χ1v) is 8.18. The van der Waals surface area contributed by atoms with E-state index in [1.165, 1.54) is 47.8 Å². The van der Waals surface area contributed by atoms with Gasteiger partial charge in [-0.05, 0) is 55.2 Å². The Labute approximate surface area is 122 Å². The third-order valence-electron chi connectivity index (χ3n) is 3.92. The summed E-state index contributed by atoms with van der Waals surface area (Å²) in [6.07, 6.45) is 7.89. The fraction of sp³-hybridized carbons (Fsp3) is 0.714. The average Bonchev–Trinajstić information content (AvgIpc) is 3.08. The molecule has 0 bridgehead atoms. The van der Waals surface area contributed by atoms with Crippen molar-refractivity contribution in [2.45, 2.75) is 57.3 Å². The molecule has 4 heteroatoms. The van der Waals surface area contributed by atoms with Crippen molar-refractivity contribution >= 4 is 28.4 Å². The quantitative estimate of drug-likeness (QED) is 0.827. The Morgan fingerprint density at radius 3 is 2.44 bits per heavy atom. The Bertz CT molecular complexity index is 437. The molecule has 3 rings (SSSR count). The van der Waals surface area contributed by atoms with Gasteiger partial charge in [-0.25, -0.2) is 9.97 Å². The number of hydrogen-bond acceptors (Lipinski definition) is 3. The lowest BCUT2D eigenvalue weighted by Crippen LogP contribution is -2.11. The second-order valence-corrected chi connectivity index (χ2v) is 6.49. The van der Waals surface area contributed by atoms with E-state index in [-0.39, 0.29) is 0 Å². The Morgan fingerprint density at radius 2 is 1.83 bits per heavy atom. The SMILES string of the molecule is CCNc1nc(C2CC2)nc(C2CCCC2)c1I. The van der Waals surface area contributed by atoms with Crippen LogP contribution in [0, 0.1) is 3.57 Å². The highest BCUT2D eigenvalue weighted by Crippen LogP contribution is 2.42. The predicted octanol–water partition coefficient (Wildman–Crippen LogP) is 4.05. The second kappa shape index (κ2) is 5.31. The third-order valence-corrected chi connectivity index (χ3v) is 4.99. The van der Waals surface area contributed by atoms with E-state index in [9.17, 15) is 0 Å². The molecule has 1 aromatic heterocycles. The van der Waals surface area contributed by atoms with Crippen LogP contribution in [0.3, 0.4) is 0 Å². The summed E-state index contributed by atoms with van der Waals surface area (Å²) in [5.74, 6) is 3.47. The summed E-state index contributed by atoms with van der Waals surface area (Å²) in [4.78, 5) is 9.63. The molecular formula is C14H20IN3. The molecule has 0 aromatic carbocycles. The first-order chi connectivity index (χ1) is 8.79. The fourth-order valence-electron chi connectivity index (χ4n) is 2.76. The third kappa shape index (κ3) is 2.49. The number of anilines is 1. The zero-order valence-corrected chi connectivity index (χ0v) is 13.0. The number of nitrogens with one attached hydrogen (secondary N) is 1. The minimum absolute atomic E-state index is 0.638. The minimum atomic E-state index is 0.638. The van der Waals surface area contributed by atoms with Crippen molar-refractivity contribution in [2.75, 3.05) is 11.9 Å². The van der Waals surface area contributed by atoms with Gasteiger partial charge in [-0.3, -0.25) is 0 Å². The standard InChI is InChI=1S/C14H20IN3/c1-2-16-14-11(15)12(9-5-3-4-6-9)17-13(18-14)10-7-8-10/h9-10H,2-8H2,1H3,(H,16,17,18). The van der Waals surface area contributed by atoms with Crippen LogP contribution in [-0.2, 0) is 0 Å². The Balaban J connectivity index is 1.98.